The lowest BCUT2D eigenvalue weighted by Crippen LogP contribution is -2.32. The summed E-state index contributed by atoms with van der Waals surface area (Å²) in [4.78, 5) is 16.7. The van der Waals surface area contributed by atoms with E-state index in [2.05, 4.69) is 29.6 Å². The zero-order chi connectivity index (χ0) is 14.9. The number of benzene rings is 1. The molecule has 0 saturated carbocycles. The Kier molecular flexibility index (Phi) is 3.63. The Labute approximate surface area is 127 Å². The maximum Gasteiger partial charge on any atom is 0.337 e. The number of aromatic nitrogens is 2. The normalized spacial score (nSPS) is 15.9. The summed E-state index contributed by atoms with van der Waals surface area (Å²) in [5.41, 5.74) is 1.09. The molecule has 2 aromatic rings. The Bertz CT molecular complexity index is 653. The van der Waals surface area contributed by atoms with Crippen LogP contribution >= 0.6 is 11.9 Å². The van der Waals surface area contributed by atoms with Crippen LogP contribution in [0.2, 0.25) is 0 Å². The third-order valence-corrected chi connectivity index (χ3v) is 4.18. The van der Waals surface area contributed by atoms with E-state index in [0.717, 1.165) is 23.5 Å². The first-order valence-corrected chi connectivity index (χ1v) is 7.62. The number of amides is 1. The molecule has 0 aliphatic carbocycles. The molecule has 0 bridgehead atoms. The molecule has 0 radical (unpaired) electrons. The van der Waals surface area contributed by atoms with Gasteiger partial charge in [0.15, 0.2) is 0 Å². The minimum absolute atomic E-state index is 0.0999. The van der Waals surface area contributed by atoms with Gasteiger partial charge in [0.05, 0.1) is 0 Å². The fraction of sp³-hybridized carbons (Fsp3) is 0.333. The lowest BCUT2D eigenvalue weighted by atomic mass is 9.94. The standard InChI is InChI=1S/C15H17N3O2S/c1-15(2)6-5-11-9-12(3-4-13(11)20-15)21-17-14(19)18-8-7-16-10-18/h3-4,7-10H,5-6H2,1-2H3,(H,17,19). The van der Waals surface area contributed by atoms with Crippen LogP contribution in [0.5, 0.6) is 5.75 Å². The molecule has 2 heterocycles. The number of nitrogens with one attached hydrogen (secondary N) is 1. The molecule has 0 saturated heterocycles. The van der Waals surface area contributed by atoms with Gasteiger partial charge in [0.1, 0.15) is 17.7 Å². The van der Waals surface area contributed by atoms with Crippen LogP contribution in [0, 0.1) is 0 Å². The second kappa shape index (κ2) is 5.44. The van der Waals surface area contributed by atoms with E-state index in [-0.39, 0.29) is 11.6 Å². The molecule has 0 unspecified atom stereocenters. The lowest BCUT2D eigenvalue weighted by molar-refractivity contribution is 0.0845. The van der Waals surface area contributed by atoms with Crippen LogP contribution in [-0.4, -0.2) is 21.2 Å². The number of imidazole rings is 1. The molecule has 6 heteroatoms. The highest BCUT2D eigenvalue weighted by atomic mass is 32.2. The zero-order valence-corrected chi connectivity index (χ0v) is 12.8. The van der Waals surface area contributed by atoms with Crippen molar-refractivity contribution in [2.24, 2.45) is 0 Å². The first-order valence-electron chi connectivity index (χ1n) is 6.81. The molecule has 1 aromatic heterocycles. The molecule has 0 spiro atoms. The van der Waals surface area contributed by atoms with Gasteiger partial charge in [-0.2, -0.15) is 0 Å². The van der Waals surface area contributed by atoms with Gasteiger partial charge in [-0.3, -0.25) is 9.29 Å². The van der Waals surface area contributed by atoms with Gasteiger partial charge in [-0.25, -0.2) is 9.78 Å². The number of hydrogen-bond acceptors (Lipinski definition) is 4. The van der Waals surface area contributed by atoms with E-state index in [4.69, 9.17) is 4.74 Å². The highest BCUT2D eigenvalue weighted by Crippen LogP contribution is 2.34. The van der Waals surface area contributed by atoms with Gasteiger partial charge in [-0.15, -0.1) is 0 Å². The molecular weight excluding hydrogens is 286 g/mol. The van der Waals surface area contributed by atoms with Gasteiger partial charge in [0.2, 0.25) is 0 Å². The van der Waals surface area contributed by atoms with Gasteiger partial charge in [-0.1, -0.05) is 0 Å². The van der Waals surface area contributed by atoms with Gasteiger partial charge in [-0.05, 0) is 62.4 Å². The Morgan fingerprint density at radius 2 is 2.33 bits per heavy atom. The van der Waals surface area contributed by atoms with Crippen LogP contribution in [0.1, 0.15) is 25.8 Å². The summed E-state index contributed by atoms with van der Waals surface area (Å²) in [5.74, 6) is 0.941. The van der Waals surface area contributed by atoms with Crippen molar-refractivity contribution in [3.05, 3.63) is 42.5 Å². The number of carbonyl (C=O) groups is 1. The topological polar surface area (TPSA) is 56.2 Å². The summed E-state index contributed by atoms with van der Waals surface area (Å²) in [7, 11) is 0. The van der Waals surface area contributed by atoms with E-state index < -0.39 is 0 Å². The van der Waals surface area contributed by atoms with Crippen molar-refractivity contribution < 1.29 is 9.53 Å². The maximum absolute atomic E-state index is 11.8. The monoisotopic (exact) mass is 303 g/mol. The minimum atomic E-state index is -0.215. The largest absolute Gasteiger partial charge is 0.488 e. The zero-order valence-electron chi connectivity index (χ0n) is 12.0. The van der Waals surface area contributed by atoms with Crippen molar-refractivity contribution in [2.45, 2.75) is 37.2 Å². The fourth-order valence-corrected chi connectivity index (χ4v) is 2.88. The quantitative estimate of drug-likeness (QED) is 0.865. The van der Waals surface area contributed by atoms with Crippen LogP contribution in [0.25, 0.3) is 0 Å². The number of nitrogens with zero attached hydrogens (tertiary/aromatic N) is 2. The second-order valence-corrected chi connectivity index (χ2v) is 6.49. The van der Waals surface area contributed by atoms with Crippen LogP contribution in [-0.2, 0) is 6.42 Å². The smallest absolute Gasteiger partial charge is 0.337 e. The summed E-state index contributed by atoms with van der Waals surface area (Å²) in [6.07, 6.45) is 6.64. The van der Waals surface area contributed by atoms with Crippen LogP contribution in [0.15, 0.2) is 41.8 Å². The molecule has 1 amide bonds. The Balaban J connectivity index is 1.66. The number of hydrogen-bond donors (Lipinski definition) is 1. The number of rotatable bonds is 2. The average Bonchev–Trinajstić information content (AvgIpc) is 2.98. The summed E-state index contributed by atoms with van der Waals surface area (Å²) >= 11 is 1.30. The van der Waals surface area contributed by atoms with Crippen molar-refractivity contribution in [3.63, 3.8) is 0 Å². The molecule has 0 fully saturated rings. The van der Waals surface area contributed by atoms with E-state index >= 15 is 0 Å². The van der Waals surface area contributed by atoms with E-state index in [0.29, 0.717) is 0 Å². The Hall–Kier alpha value is -1.95. The number of aryl methyl sites for hydroxylation is 1. The number of fused-ring (bicyclic) bond motifs is 1. The van der Waals surface area contributed by atoms with Crippen LogP contribution < -0.4 is 9.46 Å². The number of carbonyl (C=O) groups excluding carboxylic acids is 1. The molecule has 110 valence electrons. The molecule has 1 aromatic carbocycles. The van der Waals surface area contributed by atoms with Crippen molar-refractivity contribution in [3.8, 4) is 5.75 Å². The van der Waals surface area contributed by atoms with Crippen molar-refractivity contribution in [1.82, 2.24) is 14.3 Å². The van der Waals surface area contributed by atoms with E-state index in [9.17, 15) is 4.79 Å². The predicted molar refractivity (Wildman–Crippen MR) is 81.5 cm³/mol. The number of ether oxygens (including phenoxy) is 1. The Morgan fingerprint density at radius 3 is 3.10 bits per heavy atom. The SMILES string of the molecule is CC1(C)CCc2cc(SNC(=O)n3ccnc3)ccc2O1. The molecular formula is C15H17N3O2S. The van der Waals surface area contributed by atoms with E-state index in [1.165, 1.54) is 28.4 Å². The molecule has 0 atom stereocenters. The maximum atomic E-state index is 11.8. The van der Waals surface area contributed by atoms with Gasteiger partial charge >= 0.3 is 6.03 Å². The first kappa shape index (κ1) is 14.0. The van der Waals surface area contributed by atoms with E-state index in [1.807, 2.05) is 12.1 Å². The highest BCUT2D eigenvalue weighted by molar-refractivity contribution is 7.98. The summed E-state index contributed by atoms with van der Waals surface area (Å²) in [6, 6.07) is 5.79. The third-order valence-electron chi connectivity index (χ3n) is 3.41. The highest BCUT2D eigenvalue weighted by Gasteiger charge is 2.26. The molecule has 1 aliphatic rings. The first-order chi connectivity index (χ1) is 10.0. The lowest BCUT2D eigenvalue weighted by Gasteiger charge is -2.32. The Morgan fingerprint density at radius 1 is 1.48 bits per heavy atom. The van der Waals surface area contributed by atoms with Crippen LogP contribution in [0.4, 0.5) is 4.79 Å². The van der Waals surface area contributed by atoms with Crippen molar-refractivity contribution in [2.75, 3.05) is 0 Å². The minimum Gasteiger partial charge on any atom is -0.488 e. The van der Waals surface area contributed by atoms with Gasteiger partial charge in [0, 0.05) is 17.3 Å². The predicted octanol–water partition coefficient (Wildman–Crippen LogP) is 3.25. The average molecular weight is 303 g/mol. The van der Waals surface area contributed by atoms with Crippen molar-refractivity contribution in [1.29, 1.82) is 0 Å². The fourth-order valence-electron chi connectivity index (χ4n) is 2.23. The summed E-state index contributed by atoms with van der Waals surface area (Å²) < 4.78 is 10.1. The summed E-state index contributed by atoms with van der Waals surface area (Å²) in [5, 5.41) is 0. The molecule has 3 rings (SSSR count). The van der Waals surface area contributed by atoms with Crippen LogP contribution in [0.3, 0.4) is 0 Å². The molecule has 1 aliphatic heterocycles. The summed E-state index contributed by atoms with van der Waals surface area (Å²) in [6.45, 7) is 4.20. The molecule has 21 heavy (non-hydrogen) atoms. The second-order valence-electron chi connectivity index (χ2n) is 5.61. The molecule has 1 N–H and O–H groups in total. The van der Waals surface area contributed by atoms with Gasteiger partial charge < -0.3 is 4.74 Å². The molecule has 5 nitrogen and oxygen atoms in total. The van der Waals surface area contributed by atoms with Gasteiger partial charge in [0.25, 0.3) is 0 Å². The third kappa shape index (κ3) is 3.21. The van der Waals surface area contributed by atoms with E-state index in [1.54, 1.807) is 12.4 Å². The van der Waals surface area contributed by atoms with Crippen molar-refractivity contribution >= 4 is 18.0 Å².